The molecule has 2 aromatic rings. The van der Waals surface area contributed by atoms with Crippen molar-refractivity contribution in [1.82, 2.24) is 9.62 Å². The van der Waals surface area contributed by atoms with Crippen LogP contribution in [0, 0.1) is 5.92 Å². The number of aryl methyl sites for hydroxylation is 1. The number of rotatable bonds is 5. The van der Waals surface area contributed by atoms with Gasteiger partial charge >= 0.3 is 0 Å². The van der Waals surface area contributed by atoms with Crippen LogP contribution < -0.4 is 10.6 Å². The van der Waals surface area contributed by atoms with Gasteiger partial charge in [0.05, 0.1) is 10.5 Å². The summed E-state index contributed by atoms with van der Waals surface area (Å²) in [4.78, 5) is 26.5. The van der Waals surface area contributed by atoms with Gasteiger partial charge in [-0.1, -0.05) is 6.92 Å². The van der Waals surface area contributed by atoms with Crippen LogP contribution in [0.5, 0.6) is 0 Å². The van der Waals surface area contributed by atoms with Crippen molar-refractivity contribution >= 4 is 38.2 Å². The number of amides is 2. The Labute approximate surface area is 186 Å². The van der Waals surface area contributed by atoms with Gasteiger partial charge in [-0.25, -0.2) is 8.42 Å². The molecular weight excluding hydrogens is 434 g/mol. The summed E-state index contributed by atoms with van der Waals surface area (Å²) < 4.78 is 27.4. The molecule has 0 unspecified atom stereocenters. The maximum atomic E-state index is 12.9. The van der Waals surface area contributed by atoms with E-state index in [9.17, 15) is 18.0 Å². The average molecular weight is 462 g/mol. The van der Waals surface area contributed by atoms with Gasteiger partial charge in [-0.15, -0.1) is 11.3 Å². The molecule has 0 spiro atoms. The monoisotopic (exact) mass is 461 g/mol. The number of carbonyl (C=O) groups is 2. The number of nitrogens with zero attached hydrogens (tertiary/aromatic N) is 1. The minimum absolute atomic E-state index is 0.194. The van der Waals surface area contributed by atoms with Crippen LogP contribution in [0.4, 0.5) is 5.00 Å². The first-order chi connectivity index (χ1) is 14.8. The molecule has 9 heteroatoms. The van der Waals surface area contributed by atoms with Crippen molar-refractivity contribution in [3.05, 3.63) is 45.8 Å². The molecular formula is C22H27N3O4S2. The Morgan fingerprint density at radius 3 is 2.52 bits per heavy atom. The highest BCUT2D eigenvalue weighted by atomic mass is 32.2. The first kappa shape index (κ1) is 22.0. The number of nitrogens with one attached hydrogen (secondary N) is 2. The van der Waals surface area contributed by atoms with Gasteiger partial charge in [0.1, 0.15) is 5.00 Å². The fourth-order valence-electron chi connectivity index (χ4n) is 4.32. The van der Waals surface area contributed by atoms with E-state index in [1.807, 2.05) is 0 Å². The Hall–Kier alpha value is -2.23. The maximum absolute atomic E-state index is 12.9. The summed E-state index contributed by atoms with van der Waals surface area (Å²) in [6, 6.07) is 6.02. The predicted molar refractivity (Wildman–Crippen MR) is 121 cm³/mol. The maximum Gasteiger partial charge on any atom is 0.256 e. The molecule has 4 rings (SSSR count). The van der Waals surface area contributed by atoms with E-state index >= 15 is 0 Å². The quantitative estimate of drug-likeness (QED) is 0.714. The third-order valence-electron chi connectivity index (χ3n) is 5.98. The zero-order valence-electron chi connectivity index (χ0n) is 17.7. The second-order valence-corrected chi connectivity index (χ2v) is 11.3. The largest absolute Gasteiger partial charge is 0.355 e. The molecule has 1 fully saturated rings. The van der Waals surface area contributed by atoms with Crippen LogP contribution in [0.3, 0.4) is 0 Å². The number of anilines is 1. The molecule has 2 N–H and O–H groups in total. The molecule has 2 amide bonds. The Balaban J connectivity index is 1.53. The van der Waals surface area contributed by atoms with Crippen molar-refractivity contribution in [2.24, 2.45) is 5.92 Å². The van der Waals surface area contributed by atoms with Gasteiger partial charge in [-0.2, -0.15) is 4.31 Å². The smallest absolute Gasteiger partial charge is 0.256 e. The van der Waals surface area contributed by atoms with Gasteiger partial charge in [-0.05, 0) is 67.9 Å². The van der Waals surface area contributed by atoms with Crippen LogP contribution in [0.2, 0.25) is 0 Å². The molecule has 31 heavy (non-hydrogen) atoms. The lowest BCUT2D eigenvalue weighted by Gasteiger charge is -2.30. The van der Waals surface area contributed by atoms with Crippen molar-refractivity contribution < 1.29 is 18.0 Å². The third kappa shape index (κ3) is 4.26. The van der Waals surface area contributed by atoms with E-state index in [0.717, 1.165) is 42.5 Å². The lowest BCUT2D eigenvalue weighted by Crippen LogP contribution is -2.39. The molecule has 0 saturated carbocycles. The topological polar surface area (TPSA) is 95.6 Å². The molecule has 7 nitrogen and oxygen atoms in total. The molecule has 0 radical (unpaired) electrons. The second kappa shape index (κ2) is 8.72. The van der Waals surface area contributed by atoms with E-state index in [1.165, 1.54) is 39.9 Å². The zero-order chi connectivity index (χ0) is 22.2. The van der Waals surface area contributed by atoms with Crippen molar-refractivity contribution in [3.8, 4) is 0 Å². The summed E-state index contributed by atoms with van der Waals surface area (Å²) in [5, 5.41) is 6.06. The van der Waals surface area contributed by atoms with Crippen molar-refractivity contribution in [2.45, 2.75) is 43.9 Å². The van der Waals surface area contributed by atoms with E-state index < -0.39 is 10.0 Å². The second-order valence-electron chi connectivity index (χ2n) is 8.23. The number of fused-ring (bicyclic) bond motifs is 1. The fraction of sp³-hybridized carbons (Fsp3) is 0.455. The van der Waals surface area contributed by atoms with Crippen molar-refractivity contribution in [3.63, 3.8) is 0 Å². The van der Waals surface area contributed by atoms with Crippen LogP contribution in [0.15, 0.2) is 29.2 Å². The van der Waals surface area contributed by atoms with Gasteiger partial charge in [0, 0.05) is 30.6 Å². The van der Waals surface area contributed by atoms with Crippen LogP contribution >= 0.6 is 11.3 Å². The average Bonchev–Trinajstić information content (AvgIpc) is 3.34. The molecule has 1 aliphatic heterocycles. The Bertz CT molecular complexity index is 1110. The van der Waals surface area contributed by atoms with Gasteiger partial charge in [0.25, 0.3) is 11.8 Å². The summed E-state index contributed by atoms with van der Waals surface area (Å²) in [7, 11) is -1.99. The number of hydrogen-bond acceptors (Lipinski definition) is 5. The number of benzene rings is 1. The molecule has 1 aliphatic carbocycles. The summed E-state index contributed by atoms with van der Waals surface area (Å²) in [6.45, 7) is 3.11. The lowest BCUT2D eigenvalue weighted by atomic mass is 10.0. The van der Waals surface area contributed by atoms with E-state index in [1.54, 1.807) is 7.05 Å². The van der Waals surface area contributed by atoms with E-state index in [2.05, 4.69) is 17.6 Å². The Kier molecular flexibility index (Phi) is 6.18. The molecule has 1 aromatic carbocycles. The van der Waals surface area contributed by atoms with Crippen molar-refractivity contribution in [2.75, 3.05) is 25.5 Å². The number of hydrogen-bond donors (Lipinski definition) is 2. The molecule has 166 valence electrons. The highest BCUT2D eigenvalue weighted by Crippen LogP contribution is 2.39. The number of thiophene rings is 1. The molecule has 2 aliphatic rings. The van der Waals surface area contributed by atoms with Gasteiger partial charge < -0.3 is 10.6 Å². The summed E-state index contributed by atoms with van der Waals surface area (Å²) >= 11 is 1.45. The molecule has 2 heterocycles. The summed E-state index contributed by atoms with van der Waals surface area (Å²) in [5.41, 5.74) is 1.92. The summed E-state index contributed by atoms with van der Waals surface area (Å²) in [5.74, 6) is -0.219. The zero-order valence-corrected chi connectivity index (χ0v) is 19.4. The third-order valence-corrected chi connectivity index (χ3v) is 9.06. The normalized spacial score (nSPS) is 19.1. The van der Waals surface area contributed by atoms with E-state index in [-0.39, 0.29) is 16.7 Å². The highest BCUT2D eigenvalue weighted by Gasteiger charge is 2.29. The molecule has 1 aromatic heterocycles. The van der Waals surface area contributed by atoms with E-state index in [4.69, 9.17) is 0 Å². The first-order valence-corrected chi connectivity index (χ1v) is 12.8. The first-order valence-electron chi connectivity index (χ1n) is 10.6. The molecule has 1 saturated heterocycles. The predicted octanol–water partition coefficient (Wildman–Crippen LogP) is 3.27. The Morgan fingerprint density at radius 1 is 1.10 bits per heavy atom. The van der Waals surface area contributed by atoms with Gasteiger partial charge in [0.15, 0.2) is 0 Å². The lowest BCUT2D eigenvalue weighted by molar-refractivity contribution is 0.0963. The molecule has 1 atom stereocenters. The fourth-order valence-corrected chi connectivity index (χ4v) is 7.20. The van der Waals surface area contributed by atoms with Gasteiger partial charge in [-0.3, -0.25) is 9.59 Å². The van der Waals surface area contributed by atoms with Crippen molar-refractivity contribution in [1.29, 1.82) is 0 Å². The van der Waals surface area contributed by atoms with Gasteiger partial charge in [0.2, 0.25) is 10.0 Å². The summed E-state index contributed by atoms with van der Waals surface area (Å²) in [6.07, 6.45) is 4.67. The molecule has 0 bridgehead atoms. The standard InChI is InChI=1S/C22H27N3O4S2/c1-14-5-4-12-25(13-14)31(28,29)16-10-8-15(9-11-16)20(26)24-22-19(21(27)23-2)17-6-3-7-18(17)30-22/h8-11,14H,3-7,12-13H2,1-2H3,(H,23,27)(H,24,26)/t14-/m1/s1. The van der Waals surface area contributed by atoms with Crippen LogP contribution in [-0.2, 0) is 22.9 Å². The number of carbonyl (C=O) groups excluding carboxylic acids is 2. The van der Waals surface area contributed by atoms with Crippen LogP contribution in [0.1, 0.15) is 57.3 Å². The number of piperidine rings is 1. The minimum atomic E-state index is -3.56. The minimum Gasteiger partial charge on any atom is -0.355 e. The highest BCUT2D eigenvalue weighted by molar-refractivity contribution is 7.89. The van der Waals surface area contributed by atoms with Crippen LogP contribution in [-0.4, -0.2) is 44.7 Å². The Morgan fingerprint density at radius 2 is 1.84 bits per heavy atom. The van der Waals surface area contributed by atoms with Crippen LogP contribution in [0.25, 0.3) is 0 Å². The number of sulfonamides is 1. The van der Waals surface area contributed by atoms with E-state index in [0.29, 0.717) is 35.1 Å². The SMILES string of the molecule is CNC(=O)c1c(NC(=O)c2ccc(S(=O)(=O)N3CCC[C@@H](C)C3)cc2)sc2c1CCC2.